The Morgan fingerprint density at radius 3 is 2.32 bits per heavy atom. The molecule has 0 radical (unpaired) electrons. The minimum atomic E-state index is -3.54. The summed E-state index contributed by atoms with van der Waals surface area (Å²) in [6, 6.07) is 11.4. The fraction of sp³-hybridized carbons (Fsp3) is 0.429. The number of sulfonamides is 1. The number of hydrogen-bond acceptors (Lipinski definition) is 4. The van der Waals surface area contributed by atoms with Crippen molar-refractivity contribution in [1.29, 1.82) is 0 Å². The number of nitrogens with one attached hydrogen (secondary N) is 1. The third-order valence-electron chi connectivity index (χ3n) is 5.07. The molecule has 1 saturated heterocycles. The molecular weight excluding hydrogens is 374 g/mol. The standard InChI is InChI=1S/C21H27N3O3S/c1-15-12-16(2)14-24(13-15)28(26,27)19-9-7-18(8-10-19)21(25)23-17(3)20-6-4-5-11-22-20/h4-11,15-17H,12-14H2,1-3H3,(H,23,25). The van der Waals surface area contributed by atoms with Crippen molar-refractivity contribution in [3.63, 3.8) is 0 Å². The van der Waals surface area contributed by atoms with Crippen LogP contribution in [0.4, 0.5) is 0 Å². The number of carbonyl (C=O) groups is 1. The summed E-state index contributed by atoms with van der Waals surface area (Å²) in [5, 5.41) is 2.88. The predicted octanol–water partition coefficient (Wildman–Crippen LogP) is 3.24. The van der Waals surface area contributed by atoms with Gasteiger partial charge in [-0.05, 0) is 61.6 Å². The maximum absolute atomic E-state index is 12.9. The summed E-state index contributed by atoms with van der Waals surface area (Å²) in [4.78, 5) is 16.9. The lowest BCUT2D eigenvalue weighted by molar-refractivity contribution is 0.0939. The van der Waals surface area contributed by atoms with Gasteiger partial charge in [-0.2, -0.15) is 4.31 Å². The van der Waals surface area contributed by atoms with E-state index >= 15 is 0 Å². The Morgan fingerprint density at radius 2 is 1.75 bits per heavy atom. The van der Waals surface area contributed by atoms with E-state index in [1.54, 1.807) is 22.6 Å². The molecule has 3 rings (SSSR count). The first-order valence-corrected chi connectivity index (χ1v) is 11.0. The number of pyridine rings is 1. The first kappa shape index (κ1) is 20.5. The number of aromatic nitrogens is 1. The highest BCUT2D eigenvalue weighted by Crippen LogP contribution is 2.26. The van der Waals surface area contributed by atoms with Gasteiger partial charge in [0, 0.05) is 24.8 Å². The van der Waals surface area contributed by atoms with Gasteiger partial charge in [0.15, 0.2) is 0 Å². The van der Waals surface area contributed by atoms with E-state index in [9.17, 15) is 13.2 Å². The van der Waals surface area contributed by atoms with Crippen molar-refractivity contribution in [2.45, 2.75) is 38.1 Å². The van der Waals surface area contributed by atoms with E-state index in [0.29, 0.717) is 30.5 Å². The van der Waals surface area contributed by atoms with Gasteiger partial charge in [-0.3, -0.25) is 9.78 Å². The van der Waals surface area contributed by atoms with Crippen LogP contribution in [0, 0.1) is 11.8 Å². The van der Waals surface area contributed by atoms with Gasteiger partial charge in [0.05, 0.1) is 16.6 Å². The molecule has 3 unspecified atom stereocenters. The monoisotopic (exact) mass is 401 g/mol. The van der Waals surface area contributed by atoms with Crippen LogP contribution in [0.25, 0.3) is 0 Å². The minimum absolute atomic E-state index is 0.225. The largest absolute Gasteiger partial charge is 0.344 e. The summed E-state index contributed by atoms with van der Waals surface area (Å²) in [5.74, 6) is 0.427. The molecule has 1 amide bonds. The lowest BCUT2D eigenvalue weighted by atomic mass is 9.94. The van der Waals surface area contributed by atoms with E-state index in [-0.39, 0.29) is 16.8 Å². The van der Waals surface area contributed by atoms with Gasteiger partial charge in [-0.15, -0.1) is 0 Å². The van der Waals surface area contributed by atoms with Crippen LogP contribution in [0.1, 0.15) is 49.3 Å². The number of benzene rings is 1. The molecule has 2 aromatic rings. The maximum Gasteiger partial charge on any atom is 0.251 e. The van der Waals surface area contributed by atoms with Gasteiger partial charge < -0.3 is 5.32 Å². The van der Waals surface area contributed by atoms with E-state index in [2.05, 4.69) is 24.1 Å². The van der Waals surface area contributed by atoms with Crippen molar-refractivity contribution in [3.8, 4) is 0 Å². The number of amides is 1. The molecule has 0 saturated carbocycles. The Hall–Kier alpha value is -2.25. The minimum Gasteiger partial charge on any atom is -0.344 e. The van der Waals surface area contributed by atoms with Gasteiger partial charge in [0.2, 0.25) is 10.0 Å². The molecule has 28 heavy (non-hydrogen) atoms. The molecule has 1 N–H and O–H groups in total. The fourth-order valence-electron chi connectivity index (χ4n) is 3.72. The van der Waals surface area contributed by atoms with E-state index in [1.807, 2.05) is 25.1 Å². The maximum atomic E-state index is 12.9. The zero-order valence-electron chi connectivity index (χ0n) is 16.5. The van der Waals surface area contributed by atoms with Gasteiger partial charge in [-0.25, -0.2) is 8.42 Å². The van der Waals surface area contributed by atoms with Crippen molar-refractivity contribution < 1.29 is 13.2 Å². The van der Waals surface area contributed by atoms with Crippen LogP contribution in [-0.2, 0) is 10.0 Å². The molecule has 1 aromatic heterocycles. The molecular formula is C21H27N3O3S. The summed E-state index contributed by atoms with van der Waals surface area (Å²) in [6.45, 7) is 7.09. The first-order valence-electron chi connectivity index (χ1n) is 9.59. The lowest BCUT2D eigenvalue weighted by Gasteiger charge is -2.34. The van der Waals surface area contributed by atoms with Crippen molar-refractivity contribution in [2.75, 3.05) is 13.1 Å². The van der Waals surface area contributed by atoms with Gasteiger partial charge in [0.1, 0.15) is 0 Å². The Balaban J connectivity index is 1.71. The third kappa shape index (κ3) is 4.59. The molecule has 7 heteroatoms. The number of piperidine rings is 1. The Labute approximate surface area is 167 Å². The highest BCUT2D eigenvalue weighted by atomic mass is 32.2. The van der Waals surface area contributed by atoms with E-state index in [1.165, 1.54) is 12.1 Å². The second-order valence-corrected chi connectivity index (χ2v) is 9.68. The Morgan fingerprint density at radius 1 is 1.11 bits per heavy atom. The Bertz CT molecular complexity index is 904. The Kier molecular flexibility index (Phi) is 6.15. The first-order chi connectivity index (χ1) is 13.3. The molecule has 3 atom stereocenters. The van der Waals surface area contributed by atoms with Gasteiger partial charge in [0.25, 0.3) is 5.91 Å². The molecule has 0 aliphatic carbocycles. The molecule has 0 spiro atoms. The van der Waals surface area contributed by atoms with E-state index in [0.717, 1.165) is 12.1 Å². The van der Waals surface area contributed by atoms with Crippen LogP contribution in [0.15, 0.2) is 53.6 Å². The zero-order chi connectivity index (χ0) is 20.3. The number of nitrogens with zero attached hydrogens (tertiary/aromatic N) is 2. The van der Waals surface area contributed by atoms with Crippen LogP contribution in [0.5, 0.6) is 0 Å². The summed E-state index contributed by atoms with van der Waals surface area (Å²) in [7, 11) is -3.54. The van der Waals surface area contributed by atoms with E-state index in [4.69, 9.17) is 0 Å². The second kappa shape index (κ2) is 8.41. The van der Waals surface area contributed by atoms with Crippen molar-refractivity contribution in [3.05, 3.63) is 59.9 Å². The number of carbonyl (C=O) groups excluding carboxylic acids is 1. The fourth-order valence-corrected chi connectivity index (χ4v) is 5.40. The molecule has 1 fully saturated rings. The molecule has 150 valence electrons. The van der Waals surface area contributed by atoms with Crippen molar-refractivity contribution in [2.24, 2.45) is 11.8 Å². The van der Waals surface area contributed by atoms with Crippen LogP contribution < -0.4 is 5.32 Å². The lowest BCUT2D eigenvalue weighted by Crippen LogP contribution is -2.42. The highest BCUT2D eigenvalue weighted by molar-refractivity contribution is 7.89. The second-order valence-electron chi connectivity index (χ2n) is 7.74. The average molecular weight is 402 g/mol. The summed E-state index contributed by atoms with van der Waals surface area (Å²) in [5.41, 5.74) is 1.19. The van der Waals surface area contributed by atoms with Crippen LogP contribution in [0.2, 0.25) is 0 Å². The number of rotatable bonds is 5. The van der Waals surface area contributed by atoms with Crippen LogP contribution >= 0.6 is 0 Å². The summed E-state index contributed by atoms with van der Waals surface area (Å²) < 4.78 is 27.4. The van der Waals surface area contributed by atoms with Crippen molar-refractivity contribution >= 4 is 15.9 Å². The van der Waals surface area contributed by atoms with Gasteiger partial charge >= 0.3 is 0 Å². The SMILES string of the molecule is CC1CC(C)CN(S(=O)(=O)c2ccc(C(=O)NC(C)c3ccccn3)cc2)C1. The molecule has 1 aliphatic rings. The molecule has 1 aromatic carbocycles. The number of hydrogen-bond donors (Lipinski definition) is 1. The van der Waals surface area contributed by atoms with E-state index < -0.39 is 10.0 Å². The quantitative estimate of drug-likeness (QED) is 0.834. The van der Waals surface area contributed by atoms with Gasteiger partial charge in [-0.1, -0.05) is 19.9 Å². The summed E-state index contributed by atoms with van der Waals surface area (Å²) in [6.07, 6.45) is 2.72. The topological polar surface area (TPSA) is 79.4 Å². The van der Waals surface area contributed by atoms with Crippen molar-refractivity contribution in [1.82, 2.24) is 14.6 Å². The van der Waals surface area contributed by atoms with Crippen LogP contribution in [-0.4, -0.2) is 36.7 Å². The predicted molar refractivity (Wildman–Crippen MR) is 108 cm³/mol. The molecule has 1 aliphatic heterocycles. The highest BCUT2D eigenvalue weighted by Gasteiger charge is 2.31. The normalized spacial score (nSPS) is 21.8. The average Bonchev–Trinajstić information content (AvgIpc) is 2.68. The molecule has 6 nitrogen and oxygen atoms in total. The third-order valence-corrected chi connectivity index (χ3v) is 6.91. The van der Waals surface area contributed by atoms with Crippen LogP contribution in [0.3, 0.4) is 0 Å². The molecule has 0 bridgehead atoms. The summed E-state index contributed by atoms with van der Waals surface area (Å²) >= 11 is 0. The smallest absolute Gasteiger partial charge is 0.251 e. The zero-order valence-corrected chi connectivity index (χ0v) is 17.3. The molecule has 2 heterocycles.